The van der Waals surface area contributed by atoms with Crippen molar-refractivity contribution in [1.29, 1.82) is 0 Å². The fraction of sp³-hybridized carbons (Fsp3) is 0.579. The summed E-state index contributed by atoms with van der Waals surface area (Å²) in [6.07, 6.45) is 4.10. The van der Waals surface area contributed by atoms with Crippen LogP contribution in [-0.4, -0.2) is 79.2 Å². The molecule has 0 spiro atoms. The van der Waals surface area contributed by atoms with Crippen LogP contribution in [0.3, 0.4) is 0 Å². The summed E-state index contributed by atoms with van der Waals surface area (Å²) in [5.41, 5.74) is 20.8. The van der Waals surface area contributed by atoms with Crippen LogP contribution in [0.4, 0.5) is 0 Å². The van der Waals surface area contributed by atoms with Gasteiger partial charge in [-0.25, -0.2) is 9.78 Å². The van der Waals surface area contributed by atoms with Crippen molar-refractivity contribution in [2.45, 2.75) is 64.2 Å². The number of nitrogens with zero attached hydrogens (tertiary/aromatic N) is 1. The maximum atomic E-state index is 10.4. The summed E-state index contributed by atoms with van der Waals surface area (Å²) in [6, 6.07) is -2.71. The van der Waals surface area contributed by atoms with E-state index in [0.717, 1.165) is 5.69 Å². The number of carbonyl (C=O) groups excluding carboxylic acids is 2. The molecule has 0 bridgehead atoms. The van der Waals surface area contributed by atoms with Gasteiger partial charge < -0.3 is 48.6 Å². The van der Waals surface area contributed by atoms with Gasteiger partial charge in [0.15, 0.2) is 0 Å². The van der Waals surface area contributed by atoms with E-state index in [4.69, 9.17) is 32.5 Å². The highest BCUT2D eigenvalue weighted by atomic mass is 16.4. The molecule has 0 radical (unpaired) electrons. The van der Waals surface area contributed by atoms with Gasteiger partial charge in [-0.15, -0.1) is 0 Å². The number of aromatic amines is 1. The van der Waals surface area contributed by atoms with Crippen molar-refractivity contribution < 1.29 is 39.3 Å². The van der Waals surface area contributed by atoms with Gasteiger partial charge in [0.1, 0.15) is 18.1 Å². The van der Waals surface area contributed by atoms with Gasteiger partial charge in [0.05, 0.1) is 12.4 Å². The first-order valence-corrected chi connectivity index (χ1v) is 10.1. The largest absolute Gasteiger partial charge is 0.480 e. The number of aromatic nitrogens is 2. The lowest BCUT2D eigenvalue weighted by Gasteiger charge is -2.07. The quantitative estimate of drug-likeness (QED) is 0.193. The third-order valence-electron chi connectivity index (χ3n) is 4.06. The van der Waals surface area contributed by atoms with E-state index in [1.54, 1.807) is 27.0 Å². The second kappa shape index (κ2) is 17.0. The van der Waals surface area contributed by atoms with E-state index in [1.807, 2.05) is 0 Å². The standard InChI is InChI=1S/C6H9N3O2.C5H7NO3.C5H11NO2.C3H8N2O/c7-5(6(10)11)1-4-2-8-3-9-4;7-4-2-1-3(6-4)5(8)9;1-3(2)4(6)5(7)8;1-2(4)3(5)6/h2-3,5H,1,7H2,(H,8,9)(H,10,11);3H,1-2H2,(H,6,7)(H,8,9);3-4H,6H2,1-2H3,(H,7,8);2H,4H2,1H3,(H2,5,6)/t5-;3-;4-;2-/m0000/s1. The van der Waals surface area contributed by atoms with Gasteiger partial charge in [-0.3, -0.25) is 19.2 Å². The minimum atomic E-state index is -1.00. The number of nitrogens with two attached hydrogens (primary N) is 4. The lowest BCUT2D eigenvalue weighted by atomic mass is 10.1. The Kier molecular flexibility index (Phi) is 16.3. The fourth-order valence-corrected chi connectivity index (χ4v) is 1.81. The molecule has 2 heterocycles. The molecule has 4 atom stereocenters. The topological polar surface area (TPSA) is 291 Å². The maximum absolute atomic E-state index is 10.4. The van der Waals surface area contributed by atoms with Gasteiger partial charge in [-0.1, -0.05) is 13.8 Å². The molecule has 2 rings (SSSR count). The molecule has 1 fully saturated rings. The first-order chi connectivity index (χ1) is 15.6. The molecular weight excluding hydrogens is 454 g/mol. The third-order valence-corrected chi connectivity index (χ3v) is 4.06. The normalized spacial score (nSPS) is 16.7. The molecule has 1 saturated heterocycles. The zero-order chi connectivity index (χ0) is 27.0. The van der Waals surface area contributed by atoms with E-state index in [0.29, 0.717) is 12.8 Å². The number of carboxylic acids is 3. The number of carboxylic acid groups (broad SMARTS) is 3. The van der Waals surface area contributed by atoms with Crippen LogP contribution in [0.25, 0.3) is 0 Å². The number of rotatable bonds is 7. The van der Waals surface area contributed by atoms with E-state index in [-0.39, 0.29) is 18.2 Å². The Balaban J connectivity index is 0. The molecule has 2 amide bonds. The molecule has 1 aromatic heterocycles. The van der Waals surface area contributed by atoms with Crippen LogP contribution in [-0.2, 0) is 30.4 Å². The number of primary amides is 1. The predicted molar refractivity (Wildman–Crippen MR) is 120 cm³/mol. The Bertz CT molecular complexity index is 784. The molecule has 1 aromatic rings. The van der Waals surface area contributed by atoms with E-state index in [2.05, 4.69) is 21.0 Å². The molecule has 0 unspecified atom stereocenters. The van der Waals surface area contributed by atoms with Crippen LogP contribution in [0.15, 0.2) is 12.5 Å². The number of aliphatic carboxylic acids is 3. The smallest absolute Gasteiger partial charge is 0.326 e. The summed E-state index contributed by atoms with van der Waals surface area (Å²) in [5, 5.41) is 27.3. The predicted octanol–water partition coefficient (Wildman–Crippen LogP) is -2.41. The monoisotopic (exact) mass is 489 g/mol. The van der Waals surface area contributed by atoms with Crippen LogP contribution in [0.1, 0.15) is 39.3 Å². The van der Waals surface area contributed by atoms with Gasteiger partial charge in [-0.2, -0.15) is 0 Å². The maximum Gasteiger partial charge on any atom is 0.326 e. The second-order valence-corrected chi connectivity index (χ2v) is 7.52. The Hall–Kier alpha value is -3.56. The summed E-state index contributed by atoms with van der Waals surface area (Å²) < 4.78 is 0. The molecule has 194 valence electrons. The van der Waals surface area contributed by atoms with Crippen molar-refractivity contribution >= 4 is 29.7 Å². The molecule has 1 aliphatic heterocycles. The molecule has 0 aromatic carbocycles. The number of imidazole rings is 1. The van der Waals surface area contributed by atoms with Crippen LogP contribution in [0, 0.1) is 5.92 Å². The van der Waals surface area contributed by atoms with Gasteiger partial charge in [0.25, 0.3) is 0 Å². The average molecular weight is 490 g/mol. The zero-order valence-corrected chi connectivity index (χ0v) is 19.3. The highest BCUT2D eigenvalue weighted by molar-refractivity contribution is 5.87. The van der Waals surface area contributed by atoms with E-state index in [9.17, 15) is 24.0 Å². The molecule has 0 aliphatic carbocycles. The van der Waals surface area contributed by atoms with Gasteiger partial charge in [0.2, 0.25) is 11.8 Å². The van der Waals surface area contributed by atoms with Crippen molar-refractivity contribution in [2.24, 2.45) is 28.9 Å². The van der Waals surface area contributed by atoms with Crippen molar-refractivity contribution in [3.05, 3.63) is 18.2 Å². The van der Waals surface area contributed by atoms with Crippen molar-refractivity contribution in [3.63, 3.8) is 0 Å². The molecule has 15 nitrogen and oxygen atoms in total. The molecule has 0 saturated carbocycles. The third kappa shape index (κ3) is 16.1. The molecule has 34 heavy (non-hydrogen) atoms. The molecular formula is C19H35N7O8. The second-order valence-electron chi connectivity index (χ2n) is 7.52. The Morgan fingerprint density at radius 3 is 1.82 bits per heavy atom. The van der Waals surface area contributed by atoms with Crippen molar-refractivity contribution in [2.75, 3.05) is 0 Å². The minimum Gasteiger partial charge on any atom is -0.480 e. The summed E-state index contributed by atoms with van der Waals surface area (Å²) >= 11 is 0. The lowest BCUT2D eigenvalue weighted by Crippen LogP contribution is -2.34. The average Bonchev–Trinajstić information content (AvgIpc) is 3.40. The summed E-state index contributed by atoms with van der Waals surface area (Å²) in [4.78, 5) is 57.1. The van der Waals surface area contributed by atoms with E-state index < -0.39 is 48.0 Å². The summed E-state index contributed by atoms with van der Waals surface area (Å²) in [6.45, 7) is 5.10. The first-order valence-electron chi connectivity index (χ1n) is 10.1. The Morgan fingerprint density at radius 2 is 1.62 bits per heavy atom. The number of hydrogen-bond donors (Lipinski definition) is 9. The summed E-state index contributed by atoms with van der Waals surface area (Å²) in [7, 11) is 0. The SMILES string of the molecule is CC(C)[C@H](N)C(=O)O.C[C@H](N)C(N)=O.N[C@@H](Cc1cnc[nH]1)C(=O)O.O=C1CC[C@@H](C(=O)O)N1. The zero-order valence-electron chi connectivity index (χ0n) is 19.3. The Morgan fingerprint density at radius 1 is 1.09 bits per heavy atom. The number of hydrogen-bond acceptors (Lipinski definition) is 9. The first kappa shape index (κ1) is 32.6. The van der Waals surface area contributed by atoms with Crippen LogP contribution in [0.5, 0.6) is 0 Å². The van der Waals surface area contributed by atoms with Gasteiger partial charge >= 0.3 is 17.9 Å². The number of nitrogens with one attached hydrogen (secondary N) is 2. The van der Waals surface area contributed by atoms with Gasteiger partial charge in [-0.05, 0) is 19.3 Å². The molecule has 15 heteroatoms. The fourth-order valence-electron chi connectivity index (χ4n) is 1.81. The lowest BCUT2D eigenvalue weighted by molar-refractivity contribution is -0.140. The van der Waals surface area contributed by atoms with Crippen molar-refractivity contribution in [3.8, 4) is 0 Å². The van der Waals surface area contributed by atoms with Crippen LogP contribution in [0.2, 0.25) is 0 Å². The number of H-pyrrole nitrogens is 1. The van der Waals surface area contributed by atoms with E-state index in [1.165, 1.54) is 6.33 Å². The molecule has 13 N–H and O–H groups in total. The minimum absolute atomic E-state index is 0.0208. The number of carbonyl (C=O) groups is 5. The highest BCUT2D eigenvalue weighted by Crippen LogP contribution is 2.05. The van der Waals surface area contributed by atoms with Crippen LogP contribution >= 0.6 is 0 Å². The summed E-state index contributed by atoms with van der Waals surface area (Å²) in [5.74, 6) is -3.48. The van der Waals surface area contributed by atoms with Crippen molar-refractivity contribution in [1.82, 2.24) is 15.3 Å². The number of amides is 2. The highest BCUT2D eigenvalue weighted by Gasteiger charge is 2.26. The van der Waals surface area contributed by atoms with E-state index >= 15 is 0 Å². The van der Waals surface area contributed by atoms with Gasteiger partial charge in [0, 0.05) is 24.7 Å². The Labute approximate surface area is 196 Å². The molecule has 1 aliphatic rings. The van der Waals surface area contributed by atoms with Crippen LogP contribution < -0.4 is 28.3 Å².